The molecule has 0 spiro atoms. The van der Waals surface area contributed by atoms with Crippen LogP contribution < -0.4 is 14.2 Å². The maximum absolute atomic E-state index is 5.91. The van der Waals surface area contributed by atoms with Crippen molar-refractivity contribution in [2.45, 2.75) is 52.6 Å². The van der Waals surface area contributed by atoms with E-state index in [0.29, 0.717) is 12.5 Å². The largest absolute Gasteiger partial charge is 0.494 e. The van der Waals surface area contributed by atoms with E-state index in [4.69, 9.17) is 14.2 Å². The maximum atomic E-state index is 5.91. The lowest BCUT2D eigenvalue weighted by atomic mass is 10.1. The molecule has 5 nitrogen and oxygen atoms in total. The quantitative estimate of drug-likeness (QED) is 0.120. The molecule has 36 heavy (non-hydrogen) atoms. The van der Waals surface area contributed by atoms with Crippen molar-refractivity contribution in [3.8, 4) is 17.2 Å². The molecule has 1 atom stereocenters. The minimum absolute atomic E-state index is 0.497. The fourth-order valence-electron chi connectivity index (χ4n) is 3.30. The fourth-order valence-corrected chi connectivity index (χ4v) is 3.52. The van der Waals surface area contributed by atoms with Crippen LogP contribution in [0.15, 0.2) is 83.0 Å². The third-order valence-corrected chi connectivity index (χ3v) is 6.15. The molecule has 0 bridgehead atoms. The average Bonchev–Trinajstić information content (AvgIpc) is 2.93. The normalized spacial score (nSPS) is 12.0. The molecule has 0 saturated carbocycles. The summed E-state index contributed by atoms with van der Waals surface area (Å²) in [4.78, 5) is 0. The molecule has 3 aromatic carbocycles. The molecular weight excluding hydrogens is 468 g/mol. The summed E-state index contributed by atoms with van der Waals surface area (Å²) >= 11 is 4.24. The van der Waals surface area contributed by atoms with Crippen molar-refractivity contribution in [1.82, 2.24) is 0 Å². The molecular formula is C30H38N2O3S. The summed E-state index contributed by atoms with van der Waals surface area (Å²) in [5.74, 6) is 4.06. The second-order valence-electron chi connectivity index (χ2n) is 8.93. The van der Waals surface area contributed by atoms with Gasteiger partial charge in [-0.1, -0.05) is 45.2 Å². The molecule has 0 amide bonds. The fraction of sp³-hybridized carbons (Fsp3) is 0.400. The van der Waals surface area contributed by atoms with Gasteiger partial charge in [0.2, 0.25) is 0 Å². The molecule has 3 aromatic rings. The van der Waals surface area contributed by atoms with E-state index in [1.807, 2.05) is 72.8 Å². The zero-order chi connectivity index (χ0) is 25.4. The van der Waals surface area contributed by atoms with Crippen molar-refractivity contribution in [3.63, 3.8) is 0 Å². The second kappa shape index (κ2) is 15.9. The van der Waals surface area contributed by atoms with Crippen LogP contribution in [0.3, 0.4) is 0 Å². The lowest BCUT2D eigenvalue weighted by molar-refractivity contribution is 0.256. The minimum Gasteiger partial charge on any atom is -0.494 e. The zero-order valence-corrected chi connectivity index (χ0v) is 22.3. The first-order chi connectivity index (χ1) is 17.7. The summed E-state index contributed by atoms with van der Waals surface area (Å²) in [6.07, 6.45) is 5.74. The summed E-state index contributed by atoms with van der Waals surface area (Å²) < 4.78 is 17.5. The molecule has 0 unspecified atom stereocenters. The van der Waals surface area contributed by atoms with Crippen LogP contribution in [0.25, 0.3) is 0 Å². The van der Waals surface area contributed by atoms with E-state index in [9.17, 15) is 0 Å². The highest BCUT2D eigenvalue weighted by atomic mass is 32.1. The van der Waals surface area contributed by atoms with Gasteiger partial charge in [-0.2, -0.15) is 22.9 Å². The van der Waals surface area contributed by atoms with Gasteiger partial charge in [0.1, 0.15) is 23.9 Å². The van der Waals surface area contributed by atoms with E-state index < -0.39 is 0 Å². The summed E-state index contributed by atoms with van der Waals surface area (Å²) in [6.45, 7) is 6.34. The number of nitrogens with zero attached hydrogens (tertiary/aromatic N) is 2. The van der Waals surface area contributed by atoms with E-state index >= 15 is 0 Å². The minimum atomic E-state index is 0.497. The highest BCUT2D eigenvalue weighted by molar-refractivity contribution is 7.80. The third-order valence-electron chi connectivity index (χ3n) is 5.84. The second-order valence-corrected chi connectivity index (χ2v) is 9.38. The van der Waals surface area contributed by atoms with Crippen LogP contribution >= 0.6 is 12.6 Å². The van der Waals surface area contributed by atoms with Crippen molar-refractivity contribution >= 4 is 24.0 Å². The van der Waals surface area contributed by atoms with Crippen molar-refractivity contribution in [1.29, 1.82) is 0 Å². The van der Waals surface area contributed by atoms with Crippen LogP contribution in [0, 0.1) is 5.92 Å². The van der Waals surface area contributed by atoms with Crippen LogP contribution in [0.2, 0.25) is 0 Å². The number of ether oxygens (including phenoxy) is 3. The van der Waals surface area contributed by atoms with Crippen LogP contribution in [0.1, 0.15) is 51.5 Å². The predicted molar refractivity (Wildman–Crippen MR) is 151 cm³/mol. The standard InChI is InChI=1S/C30H38N2O3S/c1-3-24(2)22-34-29-14-8-25(9-15-29)23-35-30-18-12-27(13-19-30)32-31-26-10-16-28(17-11-26)33-20-6-4-5-7-21-36/h8-19,24,36H,3-7,20-23H2,1-2H3/t24-/m0/s1. The Morgan fingerprint density at radius 3 is 1.78 bits per heavy atom. The number of hydrogen-bond acceptors (Lipinski definition) is 6. The first-order valence-electron chi connectivity index (χ1n) is 12.9. The first-order valence-corrected chi connectivity index (χ1v) is 13.5. The Bertz CT molecular complexity index is 1020. The molecule has 0 radical (unpaired) electrons. The van der Waals surface area contributed by atoms with Crippen molar-refractivity contribution in [3.05, 3.63) is 78.4 Å². The molecule has 0 aliphatic carbocycles. The Morgan fingerprint density at radius 1 is 0.667 bits per heavy atom. The molecule has 192 valence electrons. The van der Waals surface area contributed by atoms with Gasteiger partial charge in [0.05, 0.1) is 24.6 Å². The van der Waals surface area contributed by atoms with Gasteiger partial charge in [-0.3, -0.25) is 0 Å². The van der Waals surface area contributed by atoms with E-state index in [1.165, 1.54) is 19.3 Å². The van der Waals surface area contributed by atoms with Gasteiger partial charge >= 0.3 is 0 Å². The topological polar surface area (TPSA) is 52.4 Å². The Kier molecular flexibility index (Phi) is 12.2. The smallest absolute Gasteiger partial charge is 0.119 e. The van der Waals surface area contributed by atoms with Crippen molar-refractivity contribution in [2.24, 2.45) is 16.1 Å². The van der Waals surface area contributed by atoms with Gasteiger partial charge < -0.3 is 14.2 Å². The lowest BCUT2D eigenvalue weighted by Crippen LogP contribution is -2.07. The van der Waals surface area contributed by atoms with Gasteiger partial charge in [0.15, 0.2) is 0 Å². The van der Waals surface area contributed by atoms with Crippen LogP contribution in [0.5, 0.6) is 17.2 Å². The summed E-state index contributed by atoms with van der Waals surface area (Å²) in [6, 6.07) is 23.4. The maximum Gasteiger partial charge on any atom is 0.119 e. The number of benzene rings is 3. The van der Waals surface area contributed by atoms with Gasteiger partial charge in [-0.05, 0) is 90.7 Å². The van der Waals surface area contributed by atoms with Gasteiger partial charge in [0, 0.05) is 0 Å². The summed E-state index contributed by atoms with van der Waals surface area (Å²) in [5.41, 5.74) is 2.65. The lowest BCUT2D eigenvalue weighted by Gasteiger charge is -2.11. The molecule has 0 N–H and O–H groups in total. The summed E-state index contributed by atoms with van der Waals surface area (Å²) in [7, 11) is 0. The molecule has 0 aliphatic heterocycles. The monoisotopic (exact) mass is 506 g/mol. The molecule has 0 heterocycles. The number of azo groups is 1. The van der Waals surface area contributed by atoms with Gasteiger partial charge in [0.25, 0.3) is 0 Å². The average molecular weight is 507 g/mol. The first kappa shape index (κ1) is 27.6. The SMILES string of the molecule is CC[C@H](C)COc1ccc(COc2ccc(N=Nc3ccc(OCCCCCCS)cc3)cc2)cc1. The zero-order valence-electron chi connectivity index (χ0n) is 21.4. The Balaban J connectivity index is 1.40. The van der Waals surface area contributed by atoms with E-state index in [2.05, 4.69) is 36.7 Å². The molecule has 0 aromatic heterocycles. The number of unbranched alkanes of at least 4 members (excludes halogenated alkanes) is 3. The molecule has 0 aliphatic rings. The van der Waals surface area contributed by atoms with Crippen LogP contribution in [-0.4, -0.2) is 19.0 Å². The third kappa shape index (κ3) is 10.3. The number of thiol groups is 1. The molecule has 3 rings (SSSR count). The highest BCUT2D eigenvalue weighted by Crippen LogP contribution is 2.24. The number of rotatable bonds is 16. The molecule has 6 heteroatoms. The Labute approximate surface area is 221 Å². The Morgan fingerprint density at radius 2 is 1.19 bits per heavy atom. The van der Waals surface area contributed by atoms with Crippen molar-refractivity contribution < 1.29 is 14.2 Å². The van der Waals surface area contributed by atoms with E-state index in [1.54, 1.807) is 0 Å². The predicted octanol–water partition coefficient (Wildman–Crippen LogP) is 8.97. The van der Waals surface area contributed by atoms with E-state index in [0.717, 1.165) is 66.0 Å². The van der Waals surface area contributed by atoms with Crippen LogP contribution in [-0.2, 0) is 6.61 Å². The Hall–Kier alpha value is -2.99. The van der Waals surface area contributed by atoms with Crippen LogP contribution in [0.4, 0.5) is 11.4 Å². The molecule has 0 saturated heterocycles. The van der Waals surface area contributed by atoms with Gasteiger partial charge in [-0.15, -0.1) is 0 Å². The van der Waals surface area contributed by atoms with Gasteiger partial charge in [-0.25, -0.2) is 0 Å². The van der Waals surface area contributed by atoms with E-state index in [-0.39, 0.29) is 0 Å². The van der Waals surface area contributed by atoms with Crippen molar-refractivity contribution in [2.75, 3.05) is 19.0 Å². The summed E-state index contributed by atoms with van der Waals surface area (Å²) in [5, 5.41) is 8.64. The number of hydrogen-bond donors (Lipinski definition) is 1. The highest BCUT2D eigenvalue weighted by Gasteiger charge is 2.02. The molecule has 0 fully saturated rings.